The molecule has 10 aromatic rings. The van der Waals surface area contributed by atoms with Gasteiger partial charge in [0.25, 0.3) is 0 Å². The highest BCUT2D eigenvalue weighted by atomic mass is 35.5. The lowest BCUT2D eigenvalue weighted by Gasteiger charge is -2.22. The number of phenolic OH excluding ortho intramolecular Hbond substituents is 5. The Hall–Kier alpha value is -6.87. The Morgan fingerprint density at radius 1 is 0.279 bits per heavy atom. The number of halogens is 6. The predicted octanol–water partition coefficient (Wildman–Crippen LogP) is 17.5. The number of methoxy groups -OCH3 is 7. The monoisotopic (exact) mass is 1870 g/mol. The van der Waals surface area contributed by atoms with Crippen molar-refractivity contribution >= 4 is 158 Å². The molecule has 0 bridgehead atoms. The van der Waals surface area contributed by atoms with E-state index in [1.807, 2.05) is 48.5 Å². The number of aryl methyl sites for hydroxylation is 2. The lowest BCUT2D eigenvalue weighted by Crippen LogP contribution is -2.36. The molecule has 28 heteroatoms. The van der Waals surface area contributed by atoms with E-state index in [2.05, 4.69) is 211 Å². The van der Waals surface area contributed by atoms with Crippen molar-refractivity contribution < 1.29 is 63.1 Å². The molecular formula is C94H132Cl5FN5O12P5. The molecule has 0 fully saturated rings. The molecule has 5 atom stereocenters. The van der Waals surface area contributed by atoms with E-state index in [0.29, 0.717) is 86.4 Å². The second-order valence-corrected chi connectivity index (χ2v) is 39.7. The first-order valence-electron chi connectivity index (χ1n) is 38.8. The highest BCUT2D eigenvalue weighted by Gasteiger charge is 2.22. The standard InChI is InChI=1S/C19H25FNO3P.C19H26NO3P.2C19H26NO2P.C18H24NO2P.5ClH/c1-19(2,3)21-11-12-8-13(20)6-7-16(12)25-17-10-14(23-4)9-15(24-5)18(17)22;1-19(2,3)20-12-13-8-6-7-9-16(13)24-17-11-14(22-4)10-15(23-5)18(17)21;1-13-6-9-17(14(10-13)12-20-19(2,3)4)23-18-11-15(22-5)7-8-16(18)21;1-13-8-6-9-14(12-20-19(2,3)4)18(13)23-16-11-7-10-15(22-5)17(16)21;1-18(2,3)19-12-13-7-5-6-8-16(13)22-17-11-14(21-4)9-10-15(17)20;;;;;/h6-10,21-22,25H,11H2,1-5H3;6-11,20-21,24H,12H2,1-5H3;2*6-11,20-21,23H,12H2,1-5H3;5-11,19-20,22H,12H2,1-4H3;5*1H. The number of benzene rings is 10. The molecule has 0 aliphatic rings. The zero-order valence-corrected chi connectivity index (χ0v) is 84.0. The van der Waals surface area contributed by atoms with Crippen LogP contribution in [0.15, 0.2) is 182 Å². The topological polar surface area (TPSA) is 226 Å². The van der Waals surface area contributed by atoms with Gasteiger partial charge in [0, 0.05) is 99.1 Å². The van der Waals surface area contributed by atoms with Crippen molar-refractivity contribution in [3.63, 3.8) is 0 Å². The molecule has 5 unspecified atom stereocenters. The molecule has 0 saturated heterocycles. The van der Waals surface area contributed by atoms with Crippen molar-refractivity contribution in [3.8, 4) is 69.0 Å². The van der Waals surface area contributed by atoms with Gasteiger partial charge in [-0.3, -0.25) is 0 Å². The van der Waals surface area contributed by atoms with Gasteiger partial charge in [0.1, 0.15) is 40.3 Å². The van der Waals surface area contributed by atoms with E-state index in [9.17, 15) is 29.9 Å². The summed E-state index contributed by atoms with van der Waals surface area (Å²) in [5, 5.41) is 79.1. The first-order valence-corrected chi connectivity index (χ1v) is 43.8. The first kappa shape index (κ1) is 113. The van der Waals surface area contributed by atoms with Crippen LogP contribution in [0.4, 0.5) is 4.39 Å². The lowest BCUT2D eigenvalue weighted by atomic mass is 10.1. The summed E-state index contributed by atoms with van der Waals surface area (Å²) in [5.74, 6) is 5.01. The van der Waals surface area contributed by atoms with Crippen LogP contribution < -0.4 is 113 Å². The Kier molecular flexibility index (Phi) is 49.7. The fourth-order valence-electron chi connectivity index (χ4n) is 11.2. The largest absolute Gasteiger partial charge is 0.507 e. The summed E-state index contributed by atoms with van der Waals surface area (Å²) in [7, 11) is 12.7. The maximum Gasteiger partial charge on any atom is 0.165 e. The highest BCUT2D eigenvalue weighted by molar-refractivity contribution is 7.57. The first-order chi connectivity index (χ1) is 55.0. The molecule has 10 N–H and O–H groups in total. The minimum atomic E-state index is -0.272. The molecule has 0 heterocycles. The molecule has 0 aliphatic carbocycles. The van der Waals surface area contributed by atoms with Crippen LogP contribution in [-0.2, 0) is 32.7 Å². The zero-order chi connectivity index (χ0) is 86.6. The van der Waals surface area contributed by atoms with Crippen molar-refractivity contribution in [1.29, 1.82) is 0 Å². The van der Waals surface area contributed by atoms with E-state index in [1.54, 1.807) is 97.3 Å². The Morgan fingerprint density at radius 2 is 0.598 bits per heavy atom. The van der Waals surface area contributed by atoms with Gasteiger partial charge in [-0.15, -0.1) is 62.0 Å². The Bertz CT molecular complexity index is 4840. The summed E-state index contributed by atoms with van der Waals surface area (Å²) in [6, 6.07) is 57.7. The van der Waals surface area contributed by atoms with Crippen LogP contribution >= 0.6 is 105 Å². The van der Waals surface area contributed by atoms with Crippen molar-refractivity contribution in [2.24, 2.45) is 0 Å². The third-order valence-corrected chi connectivity index (χ3v) is 25.0. The number of para-hydroxylation sites is 1. The van der Waals surface area contributed by atoms with Crippen LogP contribution in [0.5, 0.6) is 69.0 Å². The van der Waals surface area contributed by atoms with Gasteiger partial charge in [0.2, 0.25) is 0 Å². The van der Waals surface area contributed by atoms with Crippen molar-refractivity contribution in [1.82, 2.24) is 26.6 Å². The highest BCUT2D eigenvalue weighted by Crippen LogP contribution is 2.36. The second kappa shape index (κ2) is 53.6. The van der Waals surface area contributed by atoms with E-state index < -0.39 is 0 Å². The fraction of sp³-hybridized carbons (Fsp3) is 0.362. The molecule has 0 amide bonds. The molecule has 10 aromatic carbocycles. The molecule has 0 spiro atoms. The molecule has 122 heavy (non-hydrogen) atoms. The quantitative estimate of drug-likeness (QED) is 0.0216. The molecule has 0 aliphatic heterocycles. The van der Waals surface area contributed by atoms with Gasteiger partial charge < -0.3 is 85.3 Å². The minimum Gasteiger partial charge on any atom is -0.507 e. The van der Waals surface area contributed by atoms with E-state index in [0.717, 1.165) is 69.8 Å². The normalized spacial score (nSPS) is 11.5. The van der Waals surface area contributed by atoms with Gasteiger partial charge in [0.15, 0.2) is 34.5 Å². The van der Waals surface area contributed by atoms with Gasteiger partial charge in [-0.25, -0.2) is 4.39 Å². The van der Waals surface area contributed by atoms with Crippen molar-refractivity contribution in [2.75, 3.05) is 49.8 Å². The SMILES string of the molecule is COc1cc(OC)c(O)c(Pc2ccc(F)cc2CNC(C)(C)C)c1.COc1cc(OC)c(O)c(Pc2ccccc2CNC(C)(C)C)c1.COc1ccc(O)c(Pc2ccc(C)cc2CNC(C)(C)C)c1.COc1ccc(O)c(Pc2ccccc2CNC(C)(C)C)c1.COc1cccc(Pc2c(C)cccc2CNC(C)(C)C)c1O.Cl.Cl.Cl.Cl.Cl. The van der Waals surface area contributed by atoms with E-state index >= 15 is 0 Å². The summed E-state index contributed by atoms with van der Waals surface area (Å²) >= 11 is 0. The number of hydrogen-bond donors (Lipinski definition) is 10. The number of ether oxygens (including phenoxy) is 7. The number of aromatic hydroxyl groups is 5. The minimum absolute atomic E-state index is 0. The Balaban J connectivity index is 0.000000755. The maximum atomic E-state index is 13.7. The van der Waals surface area contributed by atoms with Crippen LogP contribution in [0.3, 0.4) is 0 Å². The van der Waals surface area contributed by atoms with Crippen LogP contribution in [0.1, 0.15) is 143 Å². The number of rotatable bonds is 27. The van der Waals surface area contributed by atoms with E-state index in [1.165, 1.54) is 73.8 Å². The molecule has 0 saturated carbocycles. The molecule has 0 aromatic heterocycles. The maximum absolute atomic E-state index is 13.7. The van der Waals surface area contributed by atoms with Crippen LogP contribution in [-0.4, -0.2) is 103 Å². The van der Waals surface area contributed by atoms with Gasteiger partial charge >= 0.3 is 0 Å². The van der Waals surface area contributed by atoms with E-state index in [4.69, 9.17) is 33.2 Å². The van der Waals surface area contributed by atoms with Crippen molar-refractivity contribution in [2.45, 2.75) is 178 Å². The smallest absolute Gasteiger partial charge is 0.165 e. The van der Waals surface area contributed by atoms with Gasteiger partial charge in [-0.2, -0.15) is 0 Å². The third-order valence-electron chi connectivity index (χ3n) is 17.7. The van der Waals surface area contributed by atoms with Gasteiger partial charge in [-0.05, 0) is 244 Å². The van der Waals surface area contributed by atoms with Gasteiger partial charge in [0.05, 0.1) is 49.8 Å². The Labute approximate surface area is 765 Å². The number of nitrogens with one attached hydrogen (secondary N) is 5. The van der Waals surface area contributed by atoms with Gasteiger partial charge in [-0.1, -0.05) is 152 Å². The van der Waals surface area contributed by atoms with Crippen LogP contribution in [0.25, 0.3) is 0 Å². The van der Waals surface area contributed by atoms with Crippen LogP contribution in [0, 0.1) is 19.7 Å². The average molecular weight is 1880 g/mol. The molecule has 10 rings (SSSR count). The van der Waals surface area contributed by atoms with Crippen LogP contribution in [0.2, 0.25) is 0 Å². The number of phenols is 5. The molecular weight excluding hydrogens is 1740 g/mol. The third kappa shape index (κ3) is 38.9. The predicted molar refractivity (Wildman–Crippen MR) is 535 cm³/mol. The Morgan fingerprint density at radius 3 is 0.992 bits per heavy atom. The molecule has 0 radical (unpaired) electrons. The summed E-state index contributed by atoms with van der Waals surface area (Å²) in [6.45, 7) is 40.1. The van der Waals surface area contributed by atoms with Crippen molar-refractivity contribution in [3.05, 3.63) is 227 Å². The lowest BCUT2D eigenvalue weighted by molar-refractivity contribution is 0.366. The molecule has 17 nitrogen and oxygen atoms in total. The average Bonchev–Trinajstić information content (AvgIpc) is 0.826. The second-order valence-electron chi connectivity index (χ2n) is 33.1. The summed E-state index contributed by atoms with van der Waals surface area (Å²) in [4.78, 5) is 0. The fourth-order valence-corrected chi connectivity index (χ4v) is 17.4. The summed E-state index contributed by atoms with van der Waals surface area (Å²) in [6.07, 6.45) is 0. The number of hydrogen-bond acceptors (Lipinski definition) is 17. The zero-order valence-electron chi connectivity index (χ0n) is 74.9. The molecule has 672 valence electrons. The summed E-state index contributed by atoms with van der Waals surface area (Å²) < 4.78 is 50.5. The van der Waals surface area contributed by atoms with E-state index in [-0.39, 0.29) is 121 Å². The summed E-state index contributed by atoms with van der Waals surface area (Å²) in [5.41, 5.74) is 8.61.